The van der Waals surface area contributed by atoms with E-state index < -0.39 is 0 Å². The molecule has 0 N–H and O–H groups in total. The summed E-state index contributed by atoms with van der Waals surface area (Å²) >= 11 is 0. The number of nitrogens with zero attached hydrogens (tertiary/aromatic N) is 8. The summed E-state index contributed by atoms with van der Waals surface area (Å²) in [5.74, 6) is 0. The van der Waals surface area contributed by atoms with Gasteiger partial charge < -0.3 is 4.40 Å². The van der Waals surface area contributed by atoms with E-state index in [9.17, 15) is 0 Å². The monoisotopic (exact) mass is 344 g/mol. The van der Waals surface area contributed by atoms with E-state index in [0.29, 0.717) is 11.3 Å². The summed E-state index contributed by atoms with van der Waals surface area (Å²) in [6.45, 7) is 2.08. The van der Waals surface area contributed by atoms with Crippen molar-refractivity contribution in [3.05, 3.63) is 60.8 Å². The van der Waals surface area contributed by atoms with Crippen molar-refractivity contribution in [2.75, 3.05) is 0 Å². The number of aryl methyl sites for hydroxylation is 1. The van der Waals surface area contributed by atoms with Crippen molar-refractivity contribution >= 4 is 16.8 Å². The van der Waals surface area contributed by atoms with Gasteiger partial charge in [0, 0.05) is 36.7 Å². The number of rotatable bonds is 3. The number of hydrogen-bond acceptors (Lipinski definition) is 5. The lowest BCUT2D eigenvalue weighted by Crippen LogP contribution is -2.10. The highest BCUT2D eigenvalue weighted by molar-refractivity contribution is 5.69. The molecule has 8 nitrogen and oxygen atoms in total. The fourth-order valence-corrected chi connectivity index (χ4v) is 3.12. The van der Waals surface area contributed by atoms with Crippen molar-refractivity contribution < 1.29 is 0 Å². The zero-order valence-electron chi connectivity index (χ0n) is 14.4. The minimum absolute atomic E-state index is 0.0229. The van der Waals surface area contributed by atoms with E-state index in [4.69, 9.17) is 4.98 Å². The van der Waals surface area contributed by atoms with Crippen molar-refractivity contribution in [3.8, 4) is 11.3 Å². The predicted octanol–water partition coefficient (Wildman–Crippen LogP) is 2.48. The van der Waals surface area contributed by atoms with Crippen LogP contribution in [0.3, 0.4) is 0 Å². The van der Waals surface area contributed by atoms with Gasteiger partial charge in [0.05, 0.1) is 24.1 Å². The van der Waals surface area contributed by atoms with Crippen LogP contribution in [0.4, 0.5) is 0 Å². The van der Waals surface area contributed by atoms with Crippen LogP contribution in [0.1, 0.15) is 18.5 Å². The standard InChI is InChI=1S/C18H16N8/c1-12(13-5-6-15-4-3-7-25(15)11-13)26-18-17(22-23-26)19-9-16(21-18)14-8-20-24(2)10-14/h3-12H,1-2H3/t12-/m1/s1. The lowest BCUT2D eigenvalue weighted by molar-refractivity contribution is 0.554. The lowest BCUT2D eigenvalue weighted by Gasteiger charge is -2.13. The molecule has 26 heavy (non-hydrogen) atoms. The molecule has 1 atom stereocenters. The molecule has 5 aromatic rings. The molecule has 0 unspecified atom stereocenters. The Bertz CT molecular complexity index is 1230. The van der Waals surface area contributed by atoms with Crippen LogP contribution in [0.15, 0.2) is 55.2 Å². The van der Waals surface area contributed by atoms with Gasteiger partial charge in [-0.3, -0.25) is 4.68 Å². The highest BCUT2D eigenvalue weighted by Crippen LogP contribution is 2.23. The predicted molar refractivity (Wildman–Crippen MR) is 96.5 cm³/mol. The lowest BCUT2D eigenvalue weighted by atomic mass is 10.1. The second-order valence-electron chi connectivity index (χ2n) is 6.32. The summed E-state index contributed by atoms with van der Waals surface area (Å²) in [6.07, 6.45) is 9.52. The van der Waals surface area contributed by atoms with Crippen molar-refractivity contribution in [1.82, 2.24) is 39.1 Å². The van der Waals surface area contributed by atoms with Crippen molar-refractivity contribution in [1.29, 1.82) is 0 Å². The second kappa shape index (κ2) is 5.48. The van der Waals surface area contributed by atoms with Gasteiger partial charge in [0.15, 0.2) is 5.65 Å². The summed E-state index contributed by atoms with van der Waals surface area (Å²) in [6, 6.07) is 8.28. The van der Waals surface area contributed by atoms with Crippen LogP contribution in [-0.2, 0) is 7.05 Å². The number of aromatic nitrogens is 8. The van der Waals surface area contributed by atoms with Crippen LogP contribution in [0.2, 0.25) is 0 Å². The first-order valence-corrected chi connectivity index (χ1v) is 8.32. The topological polar surface area (TPSA) is 78.7 Å². The highest BCUT2D eigenvalue weighted by atomic mass is 15.5. The Kier molecular flexibility index (Phi) is 3.11. The third kappa shape index (κ3) is 2.26. The molecule has 5 rings (SSSR count). The zero-order chi connectivity index (χ0) is 17.7. The Labute approximate surface area is 148 Å². The average molecular weight is 344 g/mol. The summed E-state index contributed by atoms with van der Waals surface area (Å²) in [5, 5.41) is 12.7. The van der Waals surface area contributed by atoms with Gasteiger partial charge in [-0.25, -0.2) is 14.6 Å². The highest BCUT2D eigenvalue weighted by Gasteiger charge is 2.17. The SMILES string of the molecule is C[C@H](c1ccc2cccn2c1)n1nnc2ncc(-c3cnn(C)c3)nc21. The van der Waals surface area contributed by atoms with Gasteiger partial charge in [-0.2, -0.15) is 5.10 Å². The molecule has 0 fully saturated rings. The molecule has 8 heteroatoms. The van der Waals surface area contributed by atoms with Gasteiger partial charge in [-0.05, 0) is 30.7 Å². The molecule has 5 aromatic heterocycles. The first kappa shape index (κ1) is 14.8. The minimum atomic E-state index is -0.0229. The van der Waals surface area contributed by atoms with Crippen molar-refractivity contribution in [3.63, 3.8) is 0 Å². The van der Waals surface area contributed by atoms with Crippen LogP contribution < -0.4 is 0 Å². The van der Waals surface area contributed by atoms with Crippen LogP contribution in [-0.4, -0.2) is 39.1 Å². The van der Waals surface area contributed by atoms with Crippen molar-refractivity contribution in [2.45, 2.75) is 13.0 Å². The number of hydrogen-bond donors (Lipinski definition) is 0. The van der Waals surface area contributed by atoms with E-state index >= 15 is 0 Å². The maximum absolute atomic E-state index is 4.73. The summed E-state index contributed by atoms with van der Waals surface area (Å²) in [5.41, 5.74) is 5.13. The molecular formula is C18H16N8. The van der Waals surface area contributed by atoms with E-state index in [-0.39, 0.29) is 6.04 Å². The van der Waals surface area contributed by atoms with Gasteiger partial charge >= 0.3 is 0 Å². The van der Waals surface area contributed by atoms with E-state index in [2.05, 4.69) is 56.1 Å². The Morgan fingerprint density at radius 1 is 1.08 bits per heavy atom. The molecule has 0 saturated carbocycles. The first-order valence-electron chi connectivity index (χ1n) is 8.32. The first-order chi connectivity index (χ1) is 12.7. The maximum Gasteiger partial charge on any atom is 0.221 e. The maximum atomic E-state index is 4.73. The Balaban J connectivity index is 1.61. The number of pyridine rings is 1. The second-order valence-corrected chi connectivity index (χ2v) is 6.32. The summed E-state index contributed by atoms with van der Waals surface area (Å²) in [4.78, 5) is 9.14. The number of fused-ring (bicyclic) bond motifs is 2. The summed E-state index contributed by atoms with van der Waals surface area (Å²) < 4.78 is 5.65. The molecule has 0 aromatic carbocycles. The smallest absolute Gasteiger partial charge is 0.221 e. The molecule has 0 aliphatic carbocycles. The van der Waals surface area contributed by atoms with Crippen LogP contribution in [0, 0.1) is 0 Å². The van der Waals surface area contributed by atoms with Gasteiger partial charge in [0.25, 0.3) is 0 Å². The average Bonchev–Trinajstić information content (AvgIpc) is 3.38. The van der Waals surface area contributed by atoms with Gasteiger partial charge in [0.2, 0.25) is 5.65 Å². The molecule has 0 spiro atoms. The van der Waals surface area contributed by atoms with Gasteiger partial charge in [-0.15, -0.1) is 5.10 Å². The van der Waals surface area contributed by atoms with E-state index in [1.807, 2.05) is 30.2 Å². The molecular weight excluding hydrogens is 328 g/mol. The Hall–Kier alpha value is -3.55. The molecule has 5 heterocycles. The molecule has 0 aliphatic rings. The minimum Gasteiger partial charge on any atom is -0.324 e. The van der Waals surface area contributed by atoms with Crippen LogP contribution in [0.25, 0.3) is 28.1 Å². The van der Waals surface area contributed by atoms with E-state index in [1.54, 1.807) is 17.1 Å². The summed E-state index contributed by atoms with van der Waals surface area (Å²) in [7, 11) is 1.88. The molecule has 0 aliphatic heterocycles. The van der Waals surface area contributed by atoms with Crippen LogP contribution >= 0.6 is 0 Å². The quantitative estimate of drug-likeness (QED) is 0.502. The zero-order valence-corrected chi connectivity index (χ0v) is 14.4. The molecule has 0 bridgehead atoms. The van der Waals surface area contributed by atoms with E-state index in [1.165, 1.54) is 0 Å². The molecule has 128 valence electrons. The molecule has 0 radical (unpaired) electrons. The van der Waals surface area contributed by atoms with Gasteiger partial charge in [-0.1, -0.05) is 11.3 Å². The Morgan fingerprint density at radius 3 is 2.85 bits per heavy atom. The molecule has 0 amide bonds. The normalized spacial score (nSPS) is 12.8. The third-order valence-corrected chi connectivity index (χ3v) is 4.58. The third-order valence-electron chi connectivity index (χ3n) is 4.58. The largest absolute Gasteiger partial charge is 0.324 e. The fourth-order valence-electron chi connectivity index (χ4n) is 3.12. The van der Waals surface area contributed by atoms with E-state index in [0.717, 1.165) is 22.3 Å². The van der Waals surface area contributed by atoms with Gasteiger partial charge in [0.1, 0.15) is 0 Å². The molecule has 0 saturated heterocycles. The Morgan fingerprint density at radius 2 is 2.00 bits per heavy atom. The van der Waals surface area contributed by atoms with Crippen LogP contribution in [0.5, 0.6) is 0 Å². The van der Waals surface area contributed by atoms with Crippen molar-refractivity contribution in [2.24, 2.45) is 7.05 Å². The fraction of sp³-hybridized carbons (Fsp3) is 0.167.